The number of carbonyl (C=O) groups excluding carboxylic acids is 3. The van der Waals surface area contributed by atoms with E-state index < -0.39 is 18.4 Å². The predicted molar refractivity (Wildman–Crippen MR) is 84.9 cm³/mol. The minimum absolute atomic E-state index is 0.0425. The fourth-order valence-corrected chi connectivity index (χ4v) is 2.47. The van der Waals surface area contributed by atoms with E-state index in [1.54, 1.807) is 56.1 Å². The molecule has 2 rings (SSSR count). The van der Waals surface area contributed by atoms with Crippen LogP contribution in [0.1, 0.15) is 24.2 Å². The van der Waals surface area contributed by atoms with Crippen LogP contribution in [-0.4, -0.2) is 66.0 Å². The lowest BCUT2D eigenvalue weighted by Crippen LogP contribution is -2.52. The lowest BCUT2D eigenvalue weighted by atomic mass is 10.1. The Morgan fingerprint density at radius 2 is 1.62 bits per heavy atom. The third-order valence-corrected chi connectivity index (χ3v) is 3.49. The lowest BCUT2D eigenvalue weighted by molar-refractivity contribution is -0.00574. The molecule has 1 aliphatic rings. The molecule has 1 aromatic rings. The van der Waals surface area contributed by atoms with Crippen LogP contribution in [-0.2, 0) is 9.47 Å². The quantitative estimate of drug-likeness (QED) is 0.782. The zero-order valence-electron chi connectivity index (χ0n) is 14.0. The molecule has 0 bridgehead atoms. The fourth-order valence-electron chi connectivity index (χ4n) is 2.47. The second-order valence-corrected chi connectivity index (χ2v) is 5.14. The van der Waals surface area contributed by atoms with Crippen LogP contribution in [0.2, 0.25) is 0 Å². The van der Waals surface area contributed by atoms with Crippen molar-refractivity contribution in [3.8, 4) is 0 Å². The zero-order chi connectivity index (χ0) is 17.7. The van der Waals surface area contributed by atoms with Crippen molar-refractivity contribution in [3.05, 3.63) is 35.9 Å². The van der Waals surface area contributed by atoms with Gasteiger partial charge >= 0.3 is 12.2 Å². The van der Waals surface area contributed by atoms with E-state index in [-0.39, 0.29) is 25.7 Å². The second kappa shape index (κ2) is 7.78. The van der Waals surface area contributed by atoms with Crippen LogP contribution in [0, 0.1) is 0 Å². The number of hydrazine groups is 1. The third-order valence-electron chi connectivity index (χ3n) is 3.49. The van der Waals surface area contributed by atoms with Gasteiger partial charge in [0, 0.05) is 5.56 Å². The number of amides is 2. The molecule has 0 aliphatic carbocycles. The van der Waals surface area contributed by atoms with E-state index in [9.17, 15) is 14.4 Å². The molecule has 130 valence electrons. The molecule has 1 unspecified atom stereocenters. The first-order valence-electron chi connectivity index (χ1n) is 7.70. The molecule has 1 heterocycles. The van der Waals surface area contributed by atoms with Crippen molar-refractivity contribution in [1.29, 1.82) is 0 Å². The summed E-state index contributed by atoms with van der Waals surface area (Å²) in [4.78, 5) is 38.9. The summed E-state index contributed by atoms with van der Waals surface area (Å²) in [6.45, 7) is 3.65. The first kappa shape index (κ1) is 17.7. The fraction of sp³-hybridized carbons (Fsp3) is 0.438. The molecule has 1 aliphatic heterocycles. The van der Waals surface area contributed by atoms with E-state index >= 15 is 0 Å². The van der Waals surface area contributed by atoms with Gasteiger partial charge in [-0.25, -0.2) is 9.59 Å². The van der Waals surface area contributed by atoms with Gasteiger partial charge in [-0.2, -0.15) is 10.0 Å². The van der Waals surface area contributed by atoms with Crippen LogP contribution in [0.15, 0.2) is 30.3 Å². The van der Waals surface area contributed by atoms with E-state index in [1.165, 1.54) is 0 Å². The van der Waals surface area contributed by atoms with Crippen LogP contribution in [0.5, 0.6) is 0 Å². The van der Waals surface area contributed by atoms with E-state index in [0.29, 0.717) is 5.56 Å². The maximum atomic E-state index is 12.8. The van der Waals surface area contributed by atoms with Gasteiger partial charge in [-0.15, -0.1) is 0 Å². The second-order valence-electron chi connectivity index (χ2n) is 5.14. The zero-order valence-corrected chi connectivity index (χ0v) is 14.0. The Hall–Kier alpha value is -2.61. The Kier molecular flexibility index (Phi) is 5.75. The van der Waals surface area contributed by atoms with Gasteiger partial charge in [-0.1, -0.05) is 30.3 Å². The molecule has 0 aromatic heterocycles. The molecule has 24 heavy (non-hydrogen) atoms. The third kappa shape index (κ3) is 3.48. The molecule has 0 saturated carbocycles. The molecule has 8 heteroatoms. The number of likely N-dealkylation sites (N-methyl/N-ethyl adjacent to an activating group) is 1. The van der Waals surface area contributed by atoms with E-state index in [1.807, 2.05) is 0 Å². The monoisotopic (exact) mass is 335 g/mol. The van der Waals surface area contributed by atoms with Gasteiger partial charge in [-0.3, -0.25) is 9.69 Å². The molecule has 8 nitrogen and oxygen atoms in total. The normalized spacial score (nSPS) is 17.7. The number of rotatable bonds is 4. The summed E-state index contributed by atoms with van der Waals surface area (Å²) in [7, 11) is 1.65. The standard InChI is InChI=1S/C16H21N3O5/c1-4-23-15(21)18-11-17(3)14(19(18)16(22)24-5-2)13(20)12-9-7-6-8-10-12/h6-10,14H,4-5,11H2,1-3H3. The Balaban J connectivity index is 2.34. The smallest absolute Gasteiger partial charge is 0.430 e. The first-order valence-corrected chi connectivity index (χ1v) is 7.70. The lowest BCUT2D eigenvalue weighted by Gasteiger charge is -2.29. The average molecular weight is 335 g/mol. The minimum atomic E-state index is -0.976. The van der Waals surface area contributed by atoms with E-state index in [0.717, 1.165) is 10.0 Å². The van der Waals surface area contributed by atoms with Crippen molar-refractivity contribution < 1.29 is 23.9 Å². The van der Waals surface area contributed by atoms with Crippen LogP contribution >= 0.6 is 0 Å². The van der Waals surface area contributed by atoms with Crippen molar-refractivity contribution in [2.45, 2.75) is 20.0 Å². The van der Waals surface area contributed by atoms with Crippen molar-refractivity contribution >= 4 is 18.0 Å². The highest BCUT2D eigenvalue weighted by molar-refractivity contribution is 6.01. The summed E-state index contributed by atoms with van der Waals surface area (Å²) in [5.41, 5.74) is 0.439. The summed E-state index contributed by atoms with van der Waals surface area (Å²) in [5.74, 6) is -0.307. The molecule has 1 saturated heterocycles. The number of hydrogen-bond donors (Lipinski definition) is 0. The number of benzene rings is 1. The molecule has 2 amide bonds. The number of nitrogens with zero attached hydrogens (tertiary/aromatic N) is 3. The molecular formula is C16H21N3O5. The molecular weight excluding hydrogens is 314 g/mol. The van der Waals surface area contributed by atoms with Gasteiger partial charge in [0.1, 0.15) is 6.67 Å². The first-order chi connectivity index (χ1) is 11.5. The molecule has 1 atom stereocenters. The van der Waals surface area contributed by atoms with Crippen LogP contribution in [0.3, 0.4) is 0 Å². The highest BCUT2D eigenvalue weighted by Gasteiger charge is 2.47. The molecule has 0 spiro atoms. The number of Topliss-reactive ketones (excluding diaryl/α,β-unsaturated/α-hetero) is 1. The summed E-state index contributed by atoms with van der Waals surface area (Å²) < 4.78 is 9.97. The number of ketones is 1. The predicted octanol–water partition coefficient (Wildman–Crippen LogP) is 1.93. The summed E-state index contributed by atoms with van der Waals surface area (Å²) in [6, 6.07) is 8.59. The van der Waals surface area contributed by atoms with Gasteiger partial charge in [-0.05, 0) is 20.9 Å². The SMILES string of the molecule is CCOC(=O)N1CN(C)C(C(=O)c2ccccc2)N1C(=O)OCC. The number of carbonyl (C=O) groups is 3. The Labute approximate surface area is 140 Å². The van der Waals surface area contributed by atoms with Crippen molar-refractivity contribution in [1.82, 2.24) is 14.9 Å². The van der Waals surface area contributed by atoms with Crippen LogP contribution in [0.25, 0.3) is 0 Å². The topological polar surface area (TPSA) is 79.4 Å². The highest BCUT2D eigenvalue weighted by atomic mass is 16.6. The van der Waals surface area contributed by atoms with Crippen LogP contribution in [0.4, 0.5) is 9.59 Å². The van der Waals surface area contributed by atoms with Crippen molar-refractivity contribution in [3.63, 3.8) is 0 Å². The van der Waals surface area contributed by atoms with Crippen molar-refractivity contribution in [2.24, 2.45) is 0 Å². The van der Waals surface area contributed by atoms with E-state index in [4.69, 9.17) is 9.47 Å². The number of ether oxygens (including phenoxy) is 2. The average Bonchev–Trinajstić information content (AvgIpc) is 2.93. The van der Waals surface area contributed by atoms with Gasteiger partial charge in [0.2, 0.25) is 5.78 Å². The molecule has 0 radical (unpaired) electrons. The Bertz CT molecular complexity index is 607. The maximum absolute atomic E-state index is 12.8. The summed E-state index contributed by atoms with van der Waals surface area (Å²) >= 11 is 0. The Morgan fingerprint density at radius 3 is 2.21 bits per heavy atom. The minimum Gasteiger partial charge on any atom is -0.448 e. The molecule has 1 fully saturated rings. The highest BCUT2D eigenvalue weighted by Crippen LogP contribution is 2.23. The molecule has 0 N–H and O–H groups in total. The summed E-state index contributed by atoms with van der Waals surface area (Å²) in [5, 5.41) is 2.09. The maximum Gasteiger partial charge on any atom is 0.430 e. The number of hydrogen-bond acceptors (Lipinski definition) is 6. The van der Waals surface area contributed by atoms with Crippen LogP contribution < -0.4 is 0 Å². The van der Waals surface area contributed by atoms with Gasteiger partial charge in [0.05, 0.1) is 13.2 Å². The largest absolute Gasteiger partial charge is 0.448 e. The summed E-state index contributed by atoms with van der Waals surface area (Å²) in [6.07, 6.45) is -2.46. The van der Waals surface area contributed by atoms with Gasteiger partial charge in [0.25, 0.3) is 0 Å². The van der Waals surface area contributed by atoms with Gasteiger partial charge in [0.15, 0.2) is 6.17 Å². The van der Waals surface area contributed by atoms with E-state index in [2.05, 4.69) is 0 Å². The van der Waals surface area contributed by atoms with Gasteiger partial charge < -0.3 is 9.47 Å². The van der Waals surface area contributed by atoms with Crippen molar-refractivity contribution in [2.75, 3.05) is 26.9 Å². The molecule has 1 aromatic carbocycles. The Morgan fingerprint density at radius 1 is 1.04 bits per heavy atom.